The molecule has 1 unspecified atom stereocenters. The number of hydrogen-bond donors (Lipinski definition) is 1. The van der Waals surface area contributed by atoms with Crippen LogP contribution >= 0.6 is 23.4 Å². The van der Waals surface area contributed by atoms with Gasteiger partial charge in [0.1, 0.15) is 0 Å². The Labute approximate surface area is 110 Å². The number of carbonyl (C=O) groups excluding carboxylic acids is 1. The fourth-order valence-electron chi connectivity index (χ4n) is 1.87. The van der Waals surface area contributed by atoms with Gasteiger partial charge in [0.15, 0.2) is 0 Å². The van der Waals surface area contributed by atoms with E-state index in [1.165, 1.54) is 0 Å². The molecule has 1 aromatic carbocycles. The molecule has 3 nitrogen and oxygen atoms in total. The first-order valence-electron chi connectivity index (χ1n) is 5.53. The van der Waals surface area contributed by atoms with E-state index in [2.05, 4.69) is 6.92 Å². The fraction of sp³-hybridized carbons (Fsp3) is 0.417. The summed E-state index contributed by atoms with van der Waals surface area (Å²) in [6.45, 7) is 2.87. The lowest BCUT2D eigenvalue weighted by Gasteiger charge is -2.33. The molecule has 0 spiro atoms. The summed E-state index contributed by atoms with van der Waals surface area (Å²) >= 11 is 7.73. The highest BCUT2D eigenvalue weighted by Gasteiger charge is 2.24. The first-order valence-corrected chi connectivity index (χ1v) is 7.06. The second-order valence-corrected chi connectivity index (χ2v) is 5.72. The third-order valence-corrected chi connectivity index (χ3v) is 4.41. The molecule has 0 bridgehead atoms. The van der Waals surface area contributed by atoms with E-state index in [-0.39, 0.29) is 11.9 Å². The largest absolute Gasteiger partial charge is 0.398 e. The normalized spacial score (nSPS) is 20.4. The van der Waals surface area contributed by atoms with Crippen LogP contribution in [0.3, 0.4) is 0 Å². The topological polar surface area (TPSA) is 46.3 Å². The van der Waals surface area contributed by atoms with E-state index >= 15 is 0 Å². The quantitative estimate of drug-likeness (QED) is 0.798. The summed E-state index contributed by atoms with van der Waals surface area (Å²) in [6.07, 6.45) is 0. The molecule has 17 heavy (non-hydrogen) atoms. The van der Waals surface area contributed by atoms with Crippen molar-refractivity contribution in [2.24, 2.45) is 0 Å². The molecule has 5 heteroatoms. The number of rotatable bonds is 1. The zero-order valence-electron chi connectivity index (χ0n) is 9.65. The second-order valence-electron chi connectivity index (χ2n) is 4.16. The molecule has 92 valence electrons. The molecule has 1 fully saturated rings. The van der Waals surface area contributed by atoms with Gasteiger partial charge in [-0.2, -0.15) is 11.8 Å². The average molecular weight is 271 g/mol. The molecule has 0 aromatic heterocycles. The van der Waals surface area contributed by atoms with Crippen molar-refractivity contribution >= 4 is 35.0 Å². The van der Waals surface area contributed by atoms with Crippen LogP contribution in [0.25, 0.3) is 0 Å². The van der Waals surface area contributed by atoms with Crippen molar-refractivity contribution in [2.45, 2.75) is 13.0 Å². The molecule has 2 N–H and O–H groups in total. The van der Waals surface area contributed by atoms with Gasteiger partial charge in [-0.25, -0.2) is 0 Å². The highest BCUT2D eigenvalue weighted by atomic mass is 35.5. The van der Waals surface area contributed by atoms with Crippen LogP contribution in [0, 0.1) is 0 Å². The summed E-state index contributed by atoms with van der Waals surface area (Å²) in [5.41, 5.74) is 6.79. The SMILES string of the molecule is CC1CSCCN1C(=O)c1ccc(Cl)c(N)c1. The van der Waals surface area contributed by atoms with Gasteiger partial charge in [-0.1, -0.05) is 11.6 Å². The summed E-state index contributed by atoms with van der Waals surface area (Å²) in [5, 5.41) is 0.490. The lowest BCUT2D eigenvalue weighted by atomic mass is 10.1. The minimum Gasteiger partial charge on any atom is -0.398 e. The molecule has 1 amide bonds. The number of amides is 1. The van der Waals surface area contributed by atoms with Crippen LogP contribution in [0.5, 0.6) is 0 Å². The number of nitrogens with two attached hydrogens (primary N) is 1. The molecule has 2 rings (SSSR count). The third-order valence-electron chi connectivity index (χ3n) is 2.87. The van der Waals surface area contributed by atoms with Crippen molar-refractivity contribution < 1.29 is 4.79 Å². The summed E-state index contributed by atoms with van der Waals surface area (Å²) in [6, 6.07) is 5.33. The fourth-order valence-corrected chi connectivity index (χ4v) is 3.00. The highest BCUT2D eigenvalue weighted by molar-refractivity contribution is 7.99. The van der Waals surface area contributed by atoms with E-state index in [1.54, 1.807) is 18.2 Å². The monoisotopic (exact) mass is 270 g/mol. The van der Waals surface area contributed by atoms with Gasteiger partial charge in [0.2, 0.25) is 0 Å². The van der Waals surface area contributed by atoms with Crippen molar-refractivity contribution in [3.05, 3.63) is 28.8 Å². The van der Waals surface area contributed by atoms with E-state index < -0.39 is 0 Å². The van der Waals surface area contributed by atoms with Gasteiger partial charge in [-0.05, 0) is 25.1 Å². The summed E-state index contributed by atoms with van der Waals surface area (Å²) in [5.74, 6) is 2.04. The molecule has 1 atom stereocenters. The average Bonchev–Trinajstić information content (AvgIpc) is 2.32. The smallest absolute Gasteiger partial charge is 0.254 e. The van der Waals surface area contributed by atoms with Crippen LogP contribution in [0.2, 0.25) is 5.02 Å². The van der Waals surface area contributed by atoms with Crippen molar-refractivity contribution in [3.8, 4) is 0 Å². The Morgan fingerprint density at radius 3 is 3.00 bits per heavy atom. The molecule has 1 saturated heterocycles. The van der Waals surface area contributed by atoms with Gasteiger partial charge in [0.05, 0.1) is 10.7 Å². The molecule has 0 radical (unpaired) electrons. The van der Waals surface area contributed by atoms with Gasteiger partial charge in [0.25, 0.3) is 5.91 Å². The zero-order valence-corrected chi connectivity index (χ0v) is 11.2. The predicted molar refractivity (Wildman–Crippen MR) is 73.7 cm³/mol. The minimum absolute atomic E-state index is 0.0427. The van der Waals surface area contributed by atoms with Gasteiger partial charge < -0.3 is 10.6 Å². The van der Waals surface area contributed by atoms with E-state index in [9.17, 15) is 4.79 Å². The molecule has 1 aliphatic heterocycles. The van der Waals surface area contributed by atoms with Crippen LogP contribution < -0.4 is 5.73 Å². The lowest BCUT2D eigenvalue weighted by molar-refractivity contribution is 0.0716. The predicted octanol–water partition coefficient (Wildman–Crippen LogP) is 2.50. The number of halogens is 1. The first-order chi connectivity index (χ1) is 8.09. The van der Waals surface area contributed by atoms with Gasteiger partial charge in [-0.15, -0.1) is 0 Å². The summed E-state index contributed by atoms with van der Waals surface area (Å²) in [4.78, 5) is 14.2. The Balaban J connectivity index is 2.21. The van der Waals surface area contributed by atoms with Gasteiger partial charge in [-0.3, -0.25) is 4.79 Å². The van der Waals surface area contributed by atoms with Crippen LogP contribution in [-0.2, 0) is 0 Å². The Kier molecular flexibility index (Phi) is 3.84. The van der Waals surface area contributed by atoms with Crippen LogP contribution in [0.4, 0.5) is 5.69 Å². The highest BCUT2D eigenvalue weighted by Crippen LogP contribution is 2.23. The van der Waals surface area contributed by atoms with E-state index in [0.29, 0.717) is 16.3 Å². The molecule has 0 aliphatic carbocycles. The Morgan fingerprint density at radius 1 is 1.59 bits per heavy atom. The molecule has 1 aliphatic rings. The van der Waals surface area contributed by atoms with Crippen molar-refractivity contribution in [2.75, 3.05) is 23.8 Å². The Bertz CT molecular complexity index is 439. The number of hydrogen-bond acceptors (Lipinski definition) is 3. The number of anilines is 1. The maximum absolute atomic E-state index is 12.3. The maximum atomic E-state index is 12.3. The second kappa shape index (κ2) is 5.19. The van der Waals surface area contributed by atoms with Crippen LogP contribution in [0.15, 0.2) is 18.2 Å². The number of nitrogens with zero attached hydrogens (tertiary/aromatic N) is 1. The minimum atomic E-state index is 0.0427. The van der Waals surface area contributed by atoms with Crippen LogP contribution in [0.1, 0.15) is 17.3 Å². The van der Waals surface area contributed by atoms with Gasteiger partial charge >= 0.3 is 0 Å². The van der Waals surface area contributed by atoms with Crippen LogP contribution in [-0.4, -0.2) is 34.9 Å². The third kappa shape index (κ3) is 2.69. The number of benzene rings is 1. The van der Waals surface area contributed by atoms with E-state index in [1.807, 2.05) is 16.7 Å². The molecular weight excluding hydrogens is 256 g/mol. The molecule has 1 aromatic rings. The Hall–Kier alpha value is -0.870. The lowest BCUT2D eigenvalue weighted by Crippen LogP contribution is -2.44. The van der Waals surface area contributed by atoms with E-state index in [0.717, 1.165) is 18.1 Å². The number of carbonyl (C=O) groups is 1. The maximum Gasteiger partial charge on any atom is 0.254 e. The molecule has 0 saturated carbocycles. The zero-order chi connectivity index (χ0) is 12.4. The Morgan fingerprint density at radius 2 is 2.35 bits per heavy atom. The standard InChI is InChI=1S/C12H15ClN2OS/c1-8-7-17-5-4-15(8)12(16)9-2-3-10(13)11(14)6-9/h2-3,6,8H,4-5,7,14H2,1H3. The number of nitrogen functional groups attached to an aromatic ring is 1. The van der Waals surface area contributed by atoms with Crippen molar-refractivity contribution in [1.29, 1.82) is 0 Å². The first kappa shape index (κ1) is 12.6. The summed E-state index contributed by atoms with van der Waals surface area (Å²) < 4.78 is 0. The molecule has 1 heterocycles. The molecular formula is C12H15ClN2OS. The van der Waals surface area contributed by atoms with Crippen molar-refractivity contribution in [1.82, 2.24) is 4.90 Å². The van der Waals surface area contributed by atoms with Crippen molar-refractivity contribution in [3.63, 3.8) is 0 Å². The van der Waals surface area contributed by atoms with E-state index in [4.69, 9.17) is 17.3 Å². The number of thioether (sulfide) groups is 1. The van der Waals surface area contributed by atoms with Gasteiger partial charge in [0, 0.05) is 29.7 Å². The summed E-state index contributed by atoms with van der Waals surface area (Å²) in [7, 11) is 0.